The molecule has 26 heavy (non-hydrogen) atoms. The number of benzene rings is 1. The maximum Gasteiger partial charge on any atom is 0.243 e. The second-order valence-corrected chi connectivity index (χ2v) is 9.27. The third-order valence-electron chi connectivity index (χ3n) is 4.17. The summed E-state index contributed by atoms with van der Waals surface area (Å²) in [6, 6.07) is 5.65. The van der Waals surface area contributed by atoms with Gasteiger partial charge >= 0.3 is 0 Å². The number of hydrogen-bond acceptors (Lipinski definition) is 4. The number of nitrogens with zero attached hydrogens (tertiary/aromatic N) is 1. The summed E-state index contributed by atoms with van der Waals surface area (Å²) >= 11 is 3.28. The van der Waals surface area contributed by atoms with Crippen molar-refractivity contribution < 1.29 is 18.0 Å². The van der Waals surface area contributed by atoms with E-state index >= 15 is 0 Å². The quantitative estimate of drug-likeness (QED) is 0.621. The molecule has 1 saturated heterocycles. The predicted molar refractivity (Wildman–Crippen MR) is 102 cm³/mol. The van der Waals surface area contributed by atoms with Gasteiger partial charge in [-0.05, 0) is 37.1 Å². The number of hydrogen-bond donors (Lipinski definition) is 2. The van der Waals surface area contributed by atoms with Gasteiger partial charge in [-0.2, -0.15) is 4.31 Å². The topological polar surface area (TPSA) is 95.6 Å². The van der Waals surface area contributed by atoms with E-state index in [0.29, 0.717) is 25.9 Å². The van der Waals surface area contributed by atoms with Gasteiger partial charge in [-0.25, -0.2) is 8.42 Å². The fourth-order valence-corrected chi connectivity index (χ4v) is 4.65. The molecular weight excluding hydrogens is 422 g/mol. The van der Waals surface area contributed by atoms with Gasteiger partial charge in [-0.1, -0.05) is 29.8 Å². The molecule has 9 heteroatoms. The Kier molecular flexibility index (Phi) is 7.19. The second kappa shape index (κ2) is 8.96. The summed E-state index contributed by atoms with van der Waals surface area (Å²) in [6.07, 6.45) is 1.12. The number of halogens is 1. The van der Waals surface area contributed by atoms with E-state index in [0.717, 1.165) is 4.47 Å². The summed E-state index contributed by atoms with van der Waals surface area (Å²) in [6.45, 7) is 4.48. The van der Waals surface area contributed by atoms with Crippen molar-refractivity contribution in [3.8, 4) is 0 Å². The van der Waals surface area contributed by atoms with Crippen molar-refractivity contribution in [1.82, 2.24) is 14.9 Å². The number of amides is 2. The molecule has 2 amide bonds. The molecule has 0 spiro atoms. The lowest BCUT2D eigenvalue weighted by Crippen LogP contribution is -2.47. The molecular formula is C17H24BrN3O4S. The highest BCUT2D eigenvalue weighted by atomic mass is 79.9. The van der Waals surface area contributed by atoms with Crippen molar-refractivity contribution in [3.05, 3.63) is 28.7 Å². The Hall–Kier alpha value is -1.45. The minimum absolute atomic E-state index is 0.0837. The summed E-state index contributed by atoms with van der Waals surface area (Å²) in [5.74, 6) is -0.534. The van der Waals surface area contributed by atoms with Crippen molar-refractivity contribution in [2.45, 2.75) is 37.6 Å². The highest BCUT2D eigenvalue weighted by Gasteiger charge is 2.39. The Balaban J connectivity index is 1.97. The van der Waals surface area contributed by atoms with Crippen LogP contribution in [-0.2, 0) is 19.6 Å². The van der Waals surface area contributed by atoms with Gasteiger partial charge in [0.05, 0.1) is 4.90 Å². The zero-order chi connectivity index (χ0) is 19.3. The average Bonchev–Trinajstić information content (AvgIpc) is 3.09. The molecule has 7 nitrogen and oxygen atoms in total. The van der Waals surface area contributed by atoms with Crippen molar-refractivity contribution in [1.29, 1.82) is 0 Å². The van der Waals surface area contributed by atoms with E-state index in [-0.39, 0.29) is 29.2 Å². The molecule has 144 valence electrons. The van der Waals surface area contributed by atoms with Crippen LogP contribution in [-0.4, -0.2) is 50.2 Å². The first-order chi connectivity index (χ1) is 12.2. The number of carbonyl (C=O) groups excluding carboxylic acids is 2. The zero-order valence-corrected chi connectivity index (χ0v) is 17.3. The summed E-state index contributed by atoms with van der Waals surface area (Å²) in [5, 5.41) is 5.42. The molecule has 1 heterocycles. The summed E-state index contributed by atoms with van der Waals surface area (Å²) in [5.41, 5.74) is 0. The molecule has 1 aromatic rings. The van der Waals surface area contributed by atoms with E-state index in [9.17, 15) is 18.0 Å². The molecule has 0 radical (unpaired) electrons. The van der Waals surface area contributed by atoms with Gasteiger partial charge in [0, 0.05) is 30.0 Å². The van der Waals surface area contributed by atoms with Gasteiger partial charge in [-0.15, -0.1) is 0 Å². The van der Waals surface area contributed by atoms with Crippen molar-refractivity contribution >= 4 is 37.8 Å². The summed E-state index contributed by atoms with van der Waals surface area (Å²) in [4.78, 5) is 24.1. The third-order valence-corrected chi connectivity index (χ3v) is 6.63. The highest BCUT2D eigenvalue weighted by Crippen LogP contribution is 2.27. The molecule has 1 atom stereocenters. The minimum Gasteiger partial charge on any atom is -0.354 e. The van der Waals surface area contributed by atoms with Crippen LogP contribution >= 0.6 is 15.9 Å². The summed E-state index contributed by atoms with van der Waals surface area (Å²) in [7, 11) is -3.72. The SMILES string of the molecule is CC(C)C(=O)NCCNC(=O)[C@@H]1CCCN1S(=O)(=O)c1ccc(Br)cc1. The zero-order valence-electron chi connectivity index (χ0n) is 14.9. The van der Waals surface area contributed by atoms with Crippen LogP contribution in [0.5, 0.6) is 0 Å². The van der Waals surface area contributed by atoms with Crippen LogP contribution in [0.2, 0.25) is 0 Å². The van der Waals surface area contributed by atoms with Gasteiger partial charge in [0.1, 0.15) is 6.04 Å². The molecule has 1 fully saturated rings. The lowest BCUT2D eigenvalue weighted by molar-refractivity contribution is -0.125. The van der Waals surface area contributed by atoms with Gasteiger partial charge in [0.2, 0.25) is 21.8 Å². The maximum absolute atomic E-state index is 12.8. The molecule has 1 aliphatic rings. The minimum atomic E-state index is -3.72. The number of rotatable bonds is 7. The average molecular weight is 446 g/mol. The van der Waals surface area contributed by atoms with Crippen LogP contribution < -0.4 is 10.6 Å². The lowest BCUT2D eigenvalue weighted by atomic mass is 10.2. The first kappa shape index (κ1) is 20.9. The second-order valence-electron chi connectivity index (χ2n) is 6.46. The molecule has 0 saturated carbocycles. The van der Waals surface area contributed by atoms with Crippen LogP contribution in [0.1, 0.15) is 26.7 Å². The largest absolute Gasteiger partial charge is 0.354 e. The van der Waals surface area contributed by atoms with E-state index in [1.54, 1.807) is 26.0 Å². The number of nitrogens with one attached hydrogen (secondary N) is 2. The van der Waals surface area contributed by atoms with Gasteiger partial charge < -0.3 is 10.6 Å². The Labute approximate surface area is 162 Å². The van der Waals surface area contributed by atoms with Crippen LogP contribution in [0.4, 0.5) is 0 Å². The van der Waals surface area contributed by atoms with Crippen molar-refractivity contribution in [2.75, 3.05) is 19.6 Å². The predicted octanol–water partition coefficient (Wildman–Crippen LogP) is 1.49. The molecule has 0 bridgehead atoms. The molecule has 0 aliphatic carbocycles. The van der Waals surface area contributed by atoms with Gasteiger partial charge in [0.25, 0.3) is 0 Å². The lowest BCUT2D eigenvalue weighted by Gasteiger charge is -2.23. The van der Waals surface area contributed by atoms with E-state index in [2.05, 4.69) is 26.6 Å². The number of carbonyl (C=O) groups is 2. The van der Waals surface area contributed by atoms with Crippen LogP contribution in [0.15, 0.2) is 33.6 Å². The Morgan fingerprint density at radius 3 is 2.42 bits per heavy atom. The smallest absolute Gasteiger partial charge is 0.243 e. The molecule has 0 unspecified atom stereocenters. The van der Waals surface area contributed by atoms with Crippen molar-refractivity contribution in [2.24, 2.45) is 5.92 Å². The Morgan fingerprint density at radius 2 is 1.81 bits per heavy atom. The number of sulfonamides is 1. The fraction of sp³-hybridized carbons (Fsp3) is 0.529. The first-order valence-electron chi connectivity index (χ1n) is 8.56. The molecule has 2 N–H and O–H groups in total. The molecule has 2 rings (SSSR count). The highest BCUT2D eigenvalue weighted by molar-refractivity contribution is 9.10. The van der Waals surface area contributed by atoms with Crippen LogP contribution in [0.3, 0.4) is 0 Å². The standard InChI is InChI=1S/C17H24BrN3O4S/c1-12(2)16(22)19-9-10-20-17(23)15-4-3-11-21(15)26(24,25)14-7-5-13(18)6-8-14/h5-8,12,15H,3-4,9-11H2,1-2H3,(H,19,22)(H,20,23)/t15-/m0/s1. The van der Waals surface area contributed by atoms with Gasteiger partial charge in [-0.3, -0.25) is 9.59 Å². The maximum atomic E-state index is 12.8. The van der Waals surface area contributed by atoms with Crippen LogP contribution in [0.25, 0.3) is 0 Å². The summed E-state index contributed by atoms with van der Waals surface area (Å²) < 4.78 is 27.7. The van der Waals surface area contributed by atoms with E-state index in [1.165, 1.54) is 16.4 Å². The third kappa shape index (κ3) is 5.05. The molecule has 1 aromatic carbocycles. The monoisotopic (exact) mass is 445 g/mol. The van der Waals surface area contributed by atoms with Gasteiger partial charge in [0.15, 0.2) is 0 Å². The molecule has 0 aromatic heterocycles. The normalized spacial score (nSPS) is 18.1. The Bertz CT molecular complexity index is 750. The first-order valence-corrected chi connectivity index (χ1v) is 10.8. The van der Waals surface area contributed by atoms with E-state index < -0.39 is 16.1 Å². The fourth-order valence-electron chi connectivity index (χ4n) is 2.73. The van der Waals surface area contributed by atoms with Crippen molar-refractivity contribution in [3.63, 3.8) is 0 Å². The van der Waals surface area contributed by atoms with E-state index in [1.807, 2.05) is 0 Å². The van der Waals surface area contributed by atoms with Crippen LogP contribution in [0, 0.1) is 5.92 Å². The Morgan fingerprint density at radius 1 is 1.19 bits per heavy atom. The molecule has 1 aliphatic heterocycles. The van der Waals surface area contributed by atoms with E-state index in [4.69, 9.17) is 0 Å².